The largest absolute Gasteiger partial charge is 0.455 e. The lowest BCUT2D eigenvalue weighted by molar-refractivity contribution is -0.384. The number of nitro groups is 1. The minimum Gasteiger partial charge on any atom is -0.455 e. The van der Waals surface area contributed by atoms with Crippen LogP contribution in [0.15, 0.2) is 50.7 Å². The number of nitro benzene ring substituents is 1. The lowest BCUT2D eigenvalue weighted by Gasteiger charge is -1.98. The van der Waals surface area contributed by atoms with E-state index >= 15 is 0 Å². The van der Waals surface area contributed by atoms with Crippen molar-refractivity contribution in [1.82, 2.24) is 14.9 Å². The summed E-state index contributed by atoms with van der Waals surface area (Å²) in [5.41, 5.74) is 0.310. The first-order valence-corrected chi connectivity index (χ1v) is 7.44. The molecule has 2 aromatic heterocycles. The van der Waals surface area contributed by atoms with Gasteiger partial charge in [-0.05, 0) is 31.3 Å². The summed E-state index contributed by atoms with van der Waals surface area (Å²) >= 11 is 4.97. The van der Waals surface area contributed by atoms with E-state index in [0.29, 0.717) is 17.1 Å². The Morgan fingerprint density at radius 1 is 1.40 bits per heavy atom. The Labute approximate surface area is 145 Å². The van der Waals surface area contributed by atoms with E-state index in [1.807, 2.05) is 0 Å². The van der Waals surface area contributed by atoms with Crippen molar-refractivity contribution in [1.29, 1.82) is 0 Å². The molecule has 0 spiro atoms. The number of furan rings is 1. The lowest BCUT2D eigenvalue weighted by Crippen LogP contribution is -2.22. The summed E-state index contributed by atoms with van der Waals surface area (Å²) in [6.45, 7) is 1.53. The Morgan fingerprint density at radius 3 is 2.96 bits per heavy atom. The van der Waals surface area contributed by atoms with Gasteiger partial charge >= 0.3 is 0 Å². The number of rotatable bonds is 4. The van der Waals surface area contributed by atoms with Gasteiger partial charge in [-0.2, -0.15) is 14.9 Å². The van der Waals surface area contributed by atoms with Crippen LogP contribution in [0.2, 0.25) is 0 Å². The van der Waals surface area contributed by atoms with Gasteiger partial charge in [-0.15, -0.1) is 0 Å². The highest BCUT2D eigenvalue weighted by atomic mass is 32.1. The van der Waals surface area contributed by atoms with Crippen LogP contribution in [0.5, 0.6) is 0 Å². The van der Waals surface area contributed by atoms with E-state index < -0.39 is 10.5 Å². The van der Waals surface area contributed by atoms with E-state index in [-0.39, 0.29) is 16.2 Å². The Morgan fingerprint density at radius 2 is 2.20 bits per heavy atom. The number of H-pyrrole nitrogens is 1. The minimum absolute atomic E-state index is 0.0331. The van der Waals surface area contributed by atoms with Gasteiger partial charge < -0.3 is 4.42 Å². The Hall–Kier alpha value is -3.40. The fourth-order valence-corrected chi connectivity index (χ4v) is 2.22. The van der Waals surface area contributed by atoms with Gasteiger partial charge in [0.2, 0.25) is 4.77 Å². The molecule has 0 bridgehead atoms. The molecule has 0 atom stereocenters. The van der Waals surface area contributed by atoms with Gasteiger partial charge in [-0.25, -0.2) is 0 Å². The first kappa shape index (κ1) is 16.5. The minimum atomic E-state index is -0.478. The number of benzene rings is 1. The molecule has 0 saturated heterocycles. The fraction of sp³-hybridized carbons (Fsp3) is 0.0667. The summed E-state index contributed by atoms with van der Waals surface area (Å²) in [7, 11) is 0. The summed E-state index contributed by atoms with van der Waals surface area (Å²) in [6.07, 6.45) is 1.32. The van der Waals surface area contributed by atoms with E-state index in [4.69, 9.17) is 16.6 Å². The first-order valence-electron chi connectivity index (χ1n) is 7.03. The van der Waals surface area contributed by atoms with Gasteiger partial charge in [0.15, 0.2) is 0 Å². The Balaban J connectivity index is 1.92. The third-order valence-electron chi connectivity index (χ3n) is 3.28. The molecule has 10 heteroatoms. The van der Waals surface area contributed by atoms with Crippen LogP contribution in [-0.2, 0) is 0 Å². The van der Waals surface area contributed by atoms with Crippen molar-refractivity contribution in [2.45, 2.75) is 6.92 Å². The van der Waals surface area contributed by atoms with Crippen LogP contribution >= 0.6 is 12.2 Å². The molecule has 1 aromatic carbocycles. The van der Waals surface area contributed by atoms with Crippen molar-refractivity contribution in [3.05, 3.63) is 73.1 Å². The third kappa shape index (κ3) is 3.43. The maximum atomic E-state index is 11.9. The summed E-state index contributed by atoms with van der Waals surface area (Å²) in [5.74, 6) is 0.797. The molecule has 25 heavy (non-hydrogen) atoms. The fourth-order valence-electron chi connectivity index (χ4n) is 2.04. The smallest absolute Gasteiger partial charge is 0.296 e. The molecule has 0 saturated carbocycles. The molecule has 3 rings (SSSR count). The number of aryl methyl sites for hydroxylation is 1. The second kappa shape index (κ2) is 6.61. The third-order valence-corrected chi connectivity index (χ3v) is 3.55. The summed E-state index contributed by atoms with van der Waals surface area (Å²) in [4.78, 5) is 22.3. The highest BCUT2D eigenvalue weighted by Crippen LogP contribution is 2.25. The number of nitrogens with one attached hydrogen (secondary N) is 1. The van der Waals surface area contributed by atoms with Crippen LogP contribution in [0.3, 0.4) is 0 Å². The van der Waals surface area contributed by atoms with Gasteiger partial charge in [-0.3, -0.25) is 20.0 Å². The zero-order chi connectivity index (χ0) is 18.0. The zero-order valence-electron chi connectivity index (χ0n) is 12.9. The molecule has 0 aliphatic heterocycles. The normalized spacial score (nSPS) is 11.1. The lowest BCUT2D eigenvalue weighted by atomic mass is 10.1. The van der Waals surface area contributed by atoms with E-state index in [0.717, 1.165) is 4.68 Å². The molecule has 1 N–H and O–H groups in total. The van der Waals surface area contributed by atoms with Crippen LogP contribution in [0.1, 0.15) is 11.5 Å². The monoisotopic (exact) mass is 357 g/mol. The van der Waals surface area contributed by atoms with Crippen molar-refractivity contribution in [3.8, 4) is 11.3 Å². The molecule has 2 heterocycles. The van der Waals surface area contributed by atoms with Crippen LogP contribution in [0.25, 0.3) is 11.3 Å². The van der Waals surface area contributed by atoms with Crippen LogP contribution in [0.4, 0.5) is 5.69 Å². The topological polar surface area (TPSA) is 119 Å². The van der Waals surface area contributed by atoms with Crippen LogP contribution in [0, 0.1) is 21.8 Å². The van der Waals surface area contributed by atoms with Gasteiger partial charge in [-0.1, -0.05) is 12.1 Å². The maximum absolute atomic E-state index is 11.9. The Kier molecular flexibility index (Phi) is 4.35. The summed E-state index contributed by atoms with van der Waals surface area (Å²) in [5, 5.41) is 21.1. The number of hydrogen-bond acceptors (Lipinski definition) is 7. The molecule has 0 aliphatic carbocycles. The molecule has 126 valence electrons. The average molecular weight is 357 g/mol. The van der Waals surface area contributed by atoms with E-state index in [1.54, 1.807) is 24.3 Å². The molecule has 0 amide bonds. The van der Waals surface area contributed by atoms with Crippen molar-refractivity contribution >= 4 is 24.1 Å². The molecule has 9 nitrogen and oxygen atoms in total. The highest BCUT2D eigenvalue weighted by Gasteiger charge is 2.10. The summed E-state index contributed by atoms with van der Waals surface area (Å²) < 4.78 is 6.64. The van der Waals surface area contributed by atoms with Gasteiger partial charge in [0.1, 0.15) is 17.2 Å². The molecular formula is C15H11N5O4S. The number of aromatic amines is 1. The molecule has 3 aromatic rings. The van der Waals surface area contributed by atoms with Crippen molar-refractivity contribution < 1.29 is 9.34 Å². The van der Waals surface area contributed by atoms with Crippen LogP contribution in [-0.4, -0.2) is 26.0 Å². The van der Waals surface area contributed by atoms with Crippen molar-refractivity contribution in [2.24, 2.45) is 5.10 Å². The number of hydrogen-bond donors (Lipinski definition) is 1. The molecule has 0 unspecified atom stereocenters. The summed E-state index contributed by atoms with van der Waals surface area (Å²) in [6, 6.07) is 9.36. The zero-order valence-corrected chi connectivity index (χ0v) is 13.7. The maximum Gasteiger partial charge on any atom is 0.296 e. The predicted octanol–water partition coefficient (Wildman–Crippen LogP) is 2.66. The Bertz CT molecular complexity index is 1100. The molecular weight excluding hydrogens is 346 g/mol. The number of aromatic nitrogens is 3. The SMILES string of the molecule is Cc1n[nH]c(=S)n(/N=C\c2ccc(-c3cccc([N+](=O)[O-])c3)o2)c1=O. The van der Waals surface area contributed by atoms with Gasteiger partial charge in [0, 0.05) is 17.7 Å². The standard InChI is InChI=1S/C15H11N5O4S/c1-9-14(21)19(15(25)18-17-9)16-8-12-5-6-13(24-12)10-3-2-4-11(7-10)20(22)23/h2-8H,1H3,(H,18,25)/b16-8-. The van der Waals surface area contributed by atoms with E-state index in [2.05, 4.69) is 15.3 Å². The van der Waals surface area contributed by atoms with Gasteiger partial charge in [0.25, 0.3) is 11.2 Å². The highest BCUT2D eigenvalue weighted by molar-refractivity contribution is 7.71. The molecule has 0 fully saturated rings. The average Bonchev–Trinajstić information content (AvgIpc) is 3.07. The molecule has 0 radical (unpaired) electrons. The van der Waals surface area contributed by atoms with E-state index in [9.17, 15) is 14.9 Å². The predicted molar refractivity (Wildman–Crippen MR) is 92.2 cm³/mol. The second-order valence-corrected chi connectivity index (χ2v) is 5.37. The second-order valence-electron chi connectivity index (χ2n) is 4.99. The molecule has 0 aliphatic rings. The van der Waals surface area contributed by atoms with E-state index in [1.165, 1.54) is 25.3 Å². The number of nitrogens with zero attached hydrogens (tertiary/aromatic N) is 4. The first-order chi connectivity index (χ1) is 12.0. The number of non-ortho nitro benzene ring substituents is 1. The van der Waals surface area contributed by atoms with Crippen molar-refractivity contribution in [2.75, 3.05) is 0 Å². The van der Waals surface area contributed by atoms with Crippen LogP contribution < -0.4 is 5.56 Å². The van der Waals surface area contributed by atoms with Crippen molar-refractivity contribution in [3.63, 3.8) is 0 Å². The quantitative estimate of drug-likeness (QED) is 0.332. The van der Waals surface area contributed by atoms with Gasteiger partial charge in [0.05, 0.1) is 11.1 Å².